The van der Waals surface area contributed by atoms with Crippen molar-refractivity contribution in [2.45, 2.75) is 20.3 Å². The molecule has 0 aromatic heterocycles. The fraction of sp³-hybridized carbons (Fsp3) is 0.500. The molecule has 1 heterocycles. The normalized spacial score (nSPS) is 22.8. The molecule has 1 aromatic carbocycles. The molecule has 0 bridgehead atoms. The van der Waals surface area contributed by atoms with E-state index in [0.29, 0.717) is 17.5 Å². The zero-order valence-electron chi connectivity index (χ0n) is 12.6. The van der Waals surface area contributed by atoms with Gasteiger partial charge in [-0.1, -0.05) is 38.2 Å². The smallest absolute Gasteiger partial charge is 0.238 e. The van der Waals surface area contributed by atoms with Crippen LogP contribution in [-0.4, -0.2) is 35.4 Å². The molecule has 1 aliphatic rings. The van der Waals surface area contributed by atoms with E-state index in [1.165, 1.54) is 0 Å². The van der Waals surface area contributed by atoms with E-state index in [9.17, 15) is 4.79 Å². The fourth-order valence-corrected chi connectivity index (χ4v) is 2.77. The second kappa shape index (κ2) is 7.00. The standard InChI is InChI=1S/C16H23N3OS/c1-11-6-7-19(9-12(11)2)10-15(20)18-14-5-3-4-13(8-14)16(17)21/h3-5,8,11-12H,6-7,9-10H2,1-2H3,(H2,17,21)(H,18,20). The Balaban J connectivity index is 1.90. The molecule has 21 heavy (non-hydrogen) atoms. The summed E-state index contributed by atoms with van der Waals surface area (Å²) in [4.78, 5) is 14.7. The zero-order valence-corrected chi connectivity index (χ0v) is 13.5. The van der Waals surface area contributed by atoms with Gasteiger partial charge in [0.2, 0.25) is 5.91 Å². The maximum atomic E-state index is 12.1. The van der Waals surface area contributed by atoms with E-state index in [1.54, 1.807) is 6.07 Å². The summed E-state index contributed by atoms with van der Waals surface area (Å²) in [5.74, 6) is 1.40. The maximum absolute atomic E-state index is 12.1. The number of nitrogens with one attached hydrogen (secondary N) is 1. The minimum atomic E-state index is 0.0110. The van der Waals surface area contributed by atoms with E-state index < -0.39 is 0 Å². The highest BCUT2D eigenvalue weighted by Crippen LogP contribution is 2.22. The summed E-state index contributed by atoms with van der Waals surface area (Å²) >= 11 is 4.95. The maximum Gasteiger partial charge on any atom is 0.238 e. The molecule has 1 aliphatic heterocycles. The molecule has 1 amide bonds. The molecule has 1 saturated heterocycles. The number of likely N-dealkylation sites (tertiary alicyclic amines) is 1. The van der Waals surface area contributed by atoms with Crippen molar-refractivity contribution in [1.29, 1.82) is 0 Å². The van der Waals surface area contributed by atoms with E-state index in [-0.39, 0.29) is 5.91 Å². The Kier molecular flexibility index (Phi) is 5.31. The summed E-state index contributed by atoms with van der Waals surface area (Å²) in [6.45, 7) is 6.95. The number of hydrogen-bond acceptors (Lipinski definition) is 3. The first-order valence-corrected chi connectivity index (χ1v) is 7.78. The van der Waals surface area contributed by atoms with Gasteiger partial charge in [0.05, 0.1) is 6.54 Å². The van der Waals surface area contributed by atoms with Crippen molar-refractivity contribution < 1.29 is 4.79 Å². The molecule has 0 saturated carbocycles. The van der Waals surface area contributed by atoms with Gasteiger partial charge in [0.15, 0.2) is 0 Å². The Morgan fingerprint density at radius 3 is 2.86 bits per heavy atom. The Morgan fingerprint density at radius 1 is 1.43 bits per heavy atom. The van der Waals surface area contributed by atoms with Crippen LogP contribution in [0.15, 0.2) is 24.3 Å². The molecule has 1 fully saturated rings. The van der Waals surface area contributed by atoms with E-state index in [0.717, 1.165) is 36.7 Å². The van der Waals surface area contributed by atoms with Crippen LogP contribution < -0.4 is 11.1 Å². The Bertz CT molecular complexity index is 532. The SMILES string of the molecule is CC1CCN(CC(=O)Nc2cccc(C(N)=S)c2)CC1C. The van der Waals surface area contributed by atoms with Gasteiger partial charge < -0.3 is 11.1 Å². The van der Waals surface area contributed by atoms with Crippen molar-refractivity contribution in [2.24, 2.45) is 17.6 Å². The average Bonchev–Trinajstić information content (AvgIpc) is 2.43. The molecular formula is C16H23N3OS. The number of benzene rings is 1. The number of thiocarbonyl (C=S) groups is 1. The number of nitrogens with two attached hydrogens (primary N) is 1. The van der Waals surface area contributed by atoms with Crippen molar-refractivity contribution >= 4 is 28.8 Å². The minimum Gasteiger partial charge on any atom is -0.389 e. The lowest BCUT2D eigenvalue weighted by atomic mass is 9.89. The zero-order chi connectivity index (χ0) is 15.4. The van der Waals surface area contributed by atoms with Gasteiger partial charge in [-0.3, -0.25) is 9.69 Å². The van der Waals surface area contributed by atoms with Crippen LogP contribution in [0.3, 0.4) is 0 Å². The molecule has 0 spiro atoms. The number of carbonyl (C=O) groups excluding carboxylic acids is 1. The number of nitrogens with zero attached hydrogens (tertiary/aromatic N) is 1. The van der Waals surface area contributed by atoms with Gasteiger partial charge in [-0.05, 0) is 36.9 Å². The topological polar surface area (TPSA) is 58.4 Å². The van der Waals surface area contributed by atoms with E-state index >= 15 is 0 Å². The van der Waals surface area contributed by atoms with Crippen molar-refractivity contribution in [2.75, 3.05) is 25.0 Å². The molecule has 4 nitrogen and oxygen atoms in total. The van der Waals surface area contributed by atoms with E-state index in [1.807, 2.05) is 18.2 Å². The summed E-state index contributed by atoms with van der Waals surface area (Å²) in [6, 6.07) is 7.34. The number of piperidine rings is 1. The summed E-state index contributed by atoms with van der Waals surface area (Å²) in [5, 5.41) is 2.91. The van der Waals surface area contributed by atoms with Gasteiger partial charge in [-0.25, -0.2) is 0 Å². The number of rotatable bonds is 4. The lowest BCUT2D eigenvalue weighted by molar-refractivity contribution is -0.117. The van der Waals surface area contributed by atoms with Crippen LogP contribution in [0.4, 0.5) is 5.69 Å². The molecule has 5 heteroatoms. The number of carbonyl (C=O) groups is 1. The predicted octanol–water partition coefficient (Wildman–Crippen LogP) is 2.24. The second-order valence-electron chi connectivity index (χ2n) is 5.97. The third-order valence-electron chi connectivity index (χ3n) is 4.22. The third-order valence-corrected chi connectivity index (χ3v) is 4.45. The molecule has 2 unspecified atom stereocenters. The summed E-state index contributed by atoms with van der Waals surface area (Å²) in [6.07, 6.45) is 1.16. The van der Waals surface area contributed by atoms with Crippen molar-refractivity contribution in [3.05, 3.63) is 29.8 Å². The summed E-state index contributed by atoms with van der Waals surface area (Å²) < 4.78 is 0. The molecule has 1 aromatic rings. The lowest BCUT2D eigenvalue weighted by Crippen LogP contribution is -2.42. The average molecular weight is 305 g/mol. The van der Waals surface area contributed by atoms with Crippen LogP contribution in [0.5, 0.6) is 0 Å². The number of anilines is 1. The Labute approximate surface area is 131 Å². The first-order valence-electron chi connectivity index (χ1n) is 7.38. The molecule has 2 rings (SSSR count). The van der Waals surface area contributed by atoms with Gasteiger partial charge in [-0.15, -0.1) is 0 Å². The molecule has 2 atom stereocenters. The number of hydrogen-bond donors (Lipinski definition) is 2. The first kappa shape index (κ1) is 15.9. The fourth-order valence-electron chi connectivity index (χ4n) is 2.65. The van der Waals surface area contributed by atoms with Gasteiger partial charge in [-0.2, -0.15) is 0 Å². The van der Waals surface area contributed by atoms with Gasteiger partial charge in [0.1, 0.15) is 4.99 Å². The first-order chi connectivity index (χ1) is 9.95. The van der Waals surface area contributed by atoms with Gasteiger partial charge in [0.25, 0.3) is 0 Å². The molecule has 114 valence electrons. The van der Waals surface area contributed by atoms with Gasteiger partial charge >= 0.3 is 0 Å². The minimum absolute atomic E-state index is 0.0110. The summed E-state index contributed by atoms with van der Waals surface area (Å²) in [7, 11) is 0. The molecular weight excluding hydrogens is 282 g/mol. The van der Waals surface area contributed by atoms with E-state index in [2.05, 4.69) is 24.1 Å². The quantitative estimate of drug-likeness (QED) is 0.838. The monoisotopic (exact) mass is 305 g/mol. The molecule has 3 N–H and O–H groups in total. The van der Waals surface area contributed by atoms with E-state index in [4.69, 9.17) is 18.0 Å². The van der Waals surface area contributed by atoms with Crippen LogP contribution in [0.25, 0.3) is 0 Å². The van der Waals surface area contributed by atoms with Crippen LogP contribution in [0.2, 0.25) is 0 Å². The number of amides is 1. The van der Waals surface area contributed by atoms with Crippen LogP contribution in [0.1, 0.15) is 25.8 Å². The van der Waals surface area contributed by atoms with Crippen molar-refractivity contribution in [3.63, 3.8) is 0 Å². The van der Waals surface area contributed by atoms with Crippen LogP contribution in [0, 0.1) is 11.8 Å². The highest BCUT2D eigenvalue weighted by molar-refractivity contribution is 7.80. The predicted molar refractivity (Wildman–Crippen MR) is 90.3 cm³/mol. The van der Waals surface area contributed by atoms with Crippen molar-refractivity contribution in [1.82, 2.24) is 4.90 Å². The van der Waals surface area contributed by atoms with Crippen molar-refractivity contribution in [3.8, 4) is 0 Å². The second-order valence-corrected chi connectivity index (χ2v) is 6.41. The summed E-state index contributed by atoms with van der Waals surface area (Å²) in [5.41, 5.74) is 7.11. The lowest BCUT2D eigenvalue weighted by Gasteiger charge is -2.34. The largest absolute Gasteiger partial charge is 0.389 e. The molecule has 0 aliphatic carbocycles. The highest BCUT2D eigenvalue weighted by Gasteiger charge is 2.23. The third kappa shape index (κ3) is 4.51. The molecule has 0 radical (unpaired) electrons. The Morgan fingerprint density at radius 2 is 2.19 bits per heavy atom. The highest BCUT2D eigenvalue weighted by atomic mass is 32.1. The van der Waals surface area contributed by atoms with Crippen LogP contribution >= 0.6 is 12.2 Å². The van der Waals surface area contributed by atoms with Crippen LogP contribution in [-0.2, 0) is 4.79 Å². The Hall–Kier alpha value is -1.46. The van der Waals surface area contributed by atoms with Gasteiger partial charge in [0, 0.05) is 17.8 Å².